The Morgan fingerprint density at radius 3 is 2.78 bits per heavy atom. The lowest BCUT2D eigenvalue weighted by molar-refractivity contribution is 0.0518. The van der Waals surface area contributed by atoms with E-state index in [0.29, 0.717) is 27.2 Å². The van der Waals surface area contributed by atoms with Crippen LogP contribution in [0.2, 0.25) is 10.0 Å². The van der Waals surface area contributed by atoms with E-state index in [1.807, 2.05) is 0 Å². The highest BCUT2D eigenvalue weighted by atomic mass is 35.5. The largest absolute Gasteiger partial charge is 0.461 e. The van der Waals surface area contributed by atoms with Gasteiger partial charge in [-0.15, -0.1) is 0 Å². The molecule has 0 aliphatic carbocycles. The second-order valence-corrected chi connectivity index (χ2v) is 4.41. The Morgan fingerprint density at radius 2 is 2.17 bits per heavy atom. The number of aromatic nitrogens is 1. The van der Waals surface area contributed by atoms with Gasteiger partial charge in [0.15, 0.2) is 6.29 Å². The van der Waals surface area contributed by atoms with Crippen molar-refractivity contribution < 1.29 is 14.3 Å². The molecule has 2 rings (SSSR count). The third-order valence-corrected chi connectivity index (χ3v) is 2.97. The summed E-state index contributed by atoms with van der Waals surface area (Å²) in [6.45, 7) is 1.91. The summed E-state index contributed by atoms with van der Waals surface area (Å²) in [7, 11) is 0. The molecule has 0 bridgehead atoms. The fourth-order valence-corrected chi connectivity index (χ4v) is 2.35. The van der Waals surface area contributed by atoms with Crippen LogP contribution in [0.1, 0.15) is 27.8 Å². The minimum atomic E-state index is -0.594. The van der Waals surface area contributed by atoms with Gasteiger partial charge in [0.25, 0.3) is 0 Å². The third kappa shape index (κ3) is 2.09. The van der Waals surface area contributed by atoms with Crippen LogP contribution in [0.25, 0.3) is 10.9 Å². The highest BCUT2D eigenvalue weighted by Gasteiger charge is 2.20. The molecule has 1 heterocycles. The van der Waals surface area contributed by atoms with Crippen LogP contribution in [0, 0.1) is 0 Å². The summed E-state index contributed by atoms with van der Waals surface area (Å²) in [5.41, 5.74) is 0.800. The van der Waals surface area contributed by atoms with E-state index < -0.39 is 5.97 Å². The van der Waals surface area contributed by atoms with Crippen molar-refractivity contribution in [3.8, 4) is 0 Å². The second kappa shape index (κ2) is 5.00. The molecule has 94 valence electrons. The maximum absolute atomic E-state index is 11.7. The number of hydrogen-bond donors (Lipinski definition) is 1. The van der Waals surface area contributed by atoms with E-state index in [1.165, 1.54) is 6.07 Å². The van der Waals surface area contributed by atoms with Crippen molar-refractivity contribution >= 4 is 46.4 Å². The number of rotatable bonds is 3. The smallest absolute Gasteiger partial charge is 0.355 e. The normalized spacial score (nSPS) is 10.6. The Bertz CT molecular complexity index is 634. The molecule has 0 aliphatic heterocycles. The molecule has 0 fully saturated rings. The molecule has 6 heteroatoms. The van der Waals surface area contributed by atoms with Crippen molar-refractivity contribution in [2.24, 2.45) is 0 Å². The quantitative estimate of drug-likeness (QED) is 0.694. The fraction of sp³-hybridized carbons (Fsp3) is 0.167. The van der Waals surface area contributed by atoms with Crippen LogP contribution in [0.5, 0.6) is 0 Å². The second-order valence-electron chi connectivity index (χ2n) is 3.56. The molecule has 0 saturated heterocycles. The number of ether oxygens (including phenoxy) is 1. The number of carbonyl (C=O) groups excluding carboxylic acids is 2. The van der Waals surface area contributed by atoms with Crippen LogP contribution < -0.4 is 0 Å². The van der Waals surface area contributed by atoms with Crippen molar-refractivity contribution in [1.29, 1.82) is 0 Å². The first-order chi connectivity index (χ1) is 8.58. The first kappa shape index (κ1) is 12.9. The molecule has 0 unspecified atom stereocenters. The number of esters is 1. The number of carbonyl (C=O) groups is 2. The van der Waals surface area contributed by atoms with Gasteiger partial charge in [-0.25, -0.2) is 4.79 Å². The van der Waals surface area contributed by atoms with Crippen LogP contribution in [-0.4, -0.2) is 23.8 Å². The lowest BCUT2D eigenvalue weighted by Crippen LogP contribution is -2.07. The summed E-state index contributed by atoms with van der Waals surface area (Å²) in [5, 5.41) is 1.20. The minimum Gasteiger partial charge on any atom is -0.461 e. The van der Waals surface area contributed by atoms with Crippen molar-refractivity contribution in [3.63, 3.8) is 0 Å². The molecule has 0 spiro atoms. The van der Waals surface area contributed by atoms with Gasteiger partial charge >= 0.3 is 5.97 Å². The Hall–Kier alpha value is -1.52. The SMILES string of the molecule is CCOC(=O)c1[nH]c2cc(Cl)cc(Cl)c2c1C=O. The summed E-state index contributed by atoms with van der Waals surface area (Å²) < 4.78 is 4.86. The Kier molecular flexibility index (Phi) is 3.59. The molecule has 0 atom stereocenters. The van der Waals surface area contributed by atoms with E-state index >= 15 is 0 Å². The Morgan fingerprint density at radius 1 is 1.44 bits per heavy atom. The molecule has 1 aromatic carbocycles. The highest BCUT2D eigenvalue weighted by Crippen LogP contribution is 2.31. The molecule has 0 aliphatic rings. The van der Waals surface area contributed by atoms with Gasteiger partial charge in [0.05, 0.1) is 17.2 Å². The van der Waals surface area contributed by atoms with E-state index in [0.717, 1.165) is 0 Å². The van der Waals surface area contributed by atoms with Crippen molar-refractivity contribution in [2.75, 3.05) is 6.61 Å². The van der Waals surface area contributed by atoms with Gasteiger partial charge in [-0.2, -0.15) is 0 Å². The zero-order valence-corrected chi connectivity index (χ0v) is 10.9. The van der Waals surface area contributed by atoms with Gasteiger partial charge in [-0.05, 0) is 19.1 Å². The van der Waals surface area contributed by atoms with Crippen molar-refractivity contribution in [3.05, 3.63) is 33.4 Å². The van der Waals surface area contributed by atoms with Crippen LogP contribution in [0.15, 0.2) is 12.1 Å². The van der Waals surface area contributed by atoms with Crippen LogP contribution in [0.4, 0.5) is 0 Å². The van der Waals surface area contributed by atoms with Crippen LogP contribution >= 0.6 is 23.2 Å². The lowest BCUT2D eigenvalue weighted by Gasteiger charge is -1.99. The monoisotopic (exact) mass is 285 g/mol. The average Bonchev–Trinajstić information content (AvgIpc) is 2.67. The minimum absolute atomic E-state index is 0.0889. The third-order valence-electron chi connectivity index (χ3n) is 2.45. The molecular formula is C12H9Cl2NO3. The molecule has 4 nitrogen and oxygen atoms in total. The highest BCUT2D eigenvalue weighted by molar-refractivity contribution is 6.39. The number of halogens is 2. The summed E-state index contributed by atoms with van der Waals surface area (Å²) in [6.07, 6.45) is 0.574. The maximum Gasteiger partial charge on any atom is 0.355 e. The maximum atomic E-state index is 11.7. The zero-order valence-electron chi connectivity index (χ0n) is 9.42. The van der Waals surface area contributed by atoms with Gasteiger partial charge in [-0.3, -0.25) is 4.79 Å². The predicted octanol–water partition coefficient (Wildman–Crippen LogP) is 3.46. The van der Waals surface area contributed by atoms with E-state index in [2.05, 4.69) is 4.98 Å². The number of aldehydes is 1. The van der Waals surface area contributed by atoms with Gasteiger partial charge in [0.2, 0.25) is 0 Å². The van der Waals surface area contributed by atoms with Gasteiger partial charge < -0.3 is 9.72 Å². The molecule has 0 saturated carbocycles. The van der Waals surface area contributed by atoms with E-state index in [1.54, 1.807) is 13.0 Å². The number of aromatic amines is 1. The first-order valence-electron chi connectivity index (χ1n) is 5.21. The van der Waals surface area contributed by atoms with Crippen LogP contribution in [0.3, 0.4) is 0 Å². The van der Waals surface area contributed by atoms with Crippen LogP contribution in [-0.2, 0) is 4.74 Å². The van der Waals surface area contributed by atoms with Crippen molar-refractivity contribution in [1.82, 2.24) is 4.98 Å². The molecule has 1 N–H and O–H groups in total. The number of benzene rings is 1. The molecule has 0 amide bonds. The molecule has 1 aromatic heterocycles. The fourth-order valence-electron chi connectivity index (χ4n) is 1.76. The Labute approximate surface area is 113 Å². The topological polar surface area (TPSA) is 59.2 Å². The summed E-state index contributed by atoms with van der Waals surface area (Å²) in [5.74, 6) is -0.594. The van der Waals surface area contributed by atoms with E-state index in [9.17, 15) is 9.59 Å². The summed E-state index contributed by atoms with van der Waals surface area (Å²) in [6, 6.07) is 3.11. The van der Waals surface area contributed by atoms with E-state index in [-0.39, 0.29) is 17.9 Å². The molecular weight excluding hydrogens is 277 g/mol. The van der Waals surface area contributed by atoms with E-state index in [4.69, 9.17) is 27.9 Å². The number of hydrogen-bond acceptors (Lipinski definition) is 3. The first-order valence-corrected chi connectivity index (χ1v) is 5.97. The summed E-state index contributed by atoms with van der Waals surface area (Å²) in [4.78, 5) is 25.6. The Balaban J connectivity index is 2.72. The standard InChI is InChI=1S/C12H9Cl2NO3/c1-2-18-12(17)11-7(5-16)10-8(14)3-6(13)4-9(10)15-11/h3-5,15H,2H2,1H3. The number of nitrogens with one attached hydrogen (secondary N) is 1. The zero-order chi connectivity index (χ0) is 13.3. The number of fused-ring (bicyclic) bond motifs is 1. The average molecular weight is 286 g/mol. The number of H-pyrrole nitrogens is 1. The van der Waals surface area contributed by atoms with Gasteiger partial charge in [0.1, 0.15) is 5.69 Å². The molecule has 0 radical (unpaired) electrons. The lowest BCUT2D eigenvalue weighted by atomic mass is 10.1. The van der Waals surface area contributed by atoms with Gasteiger partial charge in [0, 0.05) is 15.9 Å². The van der Waals surface area contributed by atoms with Crippen molar-refractivity contribution in [2.45, 2.75) is 6.92 Å². The van der Waals surface area contributed by atoms with Gasteiger partial charge in [-0.1, -0.05) is 23.2 Å². The molecule has 18 heavy (non-hydrogen) atoms. The molecule has 2 aromatic rings. The summed E-state index contributed by atoms with van der Waals surface area (Å²) >= 11 is 11.9. The predicted molar refractivity (Wildman–Crippen MR) is 69.7 cm³/mol.